The van der Waals surface area contributed by atoms with Gasteiger partial charge in [-0.25, -0.2) is 9.18 Å². The summed E-state index contributed by atoms with van der Waals surface area (Å²) in [4.78, 5) is 38.2. The lowest BCUT2D eigenvalue weighted by Crippen LogP contribution is -2.35. The van der Waals surface area contributed by atoms with Crippen molar-refractivity contribution in [1.29, 1.82) is 0 Å². The van der Waals surface area contributed by atoms with Gasteiger partial charge in [0.25, 0.3) is 5.91 Å². The Morgan fingerprint density at radius 3 is 2.44 bits per heavy atom. The Hall–Kier alpha value is -4.15. The highest BCUT2D eigenvalue weighted by atomic mass is 19.1. The normalized spacial score (nSPS) is 10.6. The maximum absolute atomic E-state index is 13.1. The molecule has 0 saturated heterocycles. The number of methoxy groups -OCH3 is 2. The second-order valence-corrected chi connectivity index (χ2v) is 7.10. The van der Waals surface area contributed by atoms with Gasteiger partial charge in [0.1, 0.15) is 12.4 Å². The summed E-state index contributed by atoms with van der Waals surface area (Å²) in [6.45, 7) is 1.41. The van der Waals surface area contributed by atoms with E-state index in [-0.39, 0.29) is 12.4 Å². The Morgan fingerprint density at radius 2 is 1.79 bits per heavy atom. The first kappa shape index (κ1) is 24.5. The number of benzene rings is 2. The molecule has 3 rings (SSSR count). The number of rotatable bonds is 10. The summed E-state index contributed by atoms with van der Waals surface area (Å²) >= 11 is 0. The second kappa shape index (κ2) is 11.1. The first-order chi connectivity index (χ1) is 16.3. The summed E-state index contributed by atoms with van der Waals surface area (Å²) in [5.74, 6) is -1.55. The number of carbonyl (C=O) groups excluding carboxylic acids is 2. The summed E-state index contributed by atoms with van der Waals surface area (Å²) in [6, 6.07) is 10.5. The van der Waals surface area contributed by atoms with E-state index in [4.69, 9.17) is 18.6 Å². The van der Waals surface area contributed by atoms with Crippen molar-refractivity contribution in [1.82, 2.24) is 14.7 Å². The zero-order valence-electron chi connectivity index (χ0n) is 18.9. The monoisotopic (exact) mass is 473 g/mol. The molecule has 0 N–H and O–H groups in total. The third kappa shape index (κ3) is 6.00. The highest BCUT2D eigenvalue weighted by molar-refractivity contribution is 5.80. The maximum Gasteiger partial charge on any atom is 0.437 e. The largest absolute Gasteiger partial charge is 0.493 e. The molecule has 0 aliphatic heterocycles. The third-order valence-electron chi connectivity index (χ3n) is 4.89. The van der Waals surface area contributed by atoms with Crippen LogP contribution in [0, 0.1) is 5.82 Å². The van der Waals surface area contributed by atoms with E-state index in [2.05, 4.69) is 5.10 Å². The SMILES string of the molecule is CCN(Cc1ccc(OC)c(OC)c1)C(=O)COC(=O)Cn1nc(-c2ccc(F)cc2)oc1=O. The summed E-state index contributed by atoms with van der Waals surface area (Å²) in [5.41, 5.74) is 1.18. The van der Waals surface area contributed by atoms with Gasteiger partial charge >= 0.3 is 11.7 Å². The van der Waals surface area contributed by atoms with Crippen LogP contribution >= 0.6 is 0 Å². The number of carbonyl (C=O) groups is 2. The van der Waals surface area contributed by atoms with Gasteiger partial charge in [-0.2, -0.15) is 4.68 Å². The van der Waals surface area contributed by atoms with E-state index in [0.29, 0.717) is 23.6 Å². The smallest absolute Gasteiger partial charge is 0.437 e. The standard InChI is InChI=1S/C23H24FN3O7/c1-4-26(12-15-5-10-18(31-2)19(11-15)32-3)20(28)14-33-21(29)13-27-23(30)34-22(25-27)16-6-8-17(24)9-7-16/h5-11H,4,12-14H2,1-3H3. The van der Waals surface area contributed by atoms with Crippen molar-refractivity contribution in [3.05, 3.63) is 64.4 Å². The lowest BCUT2D eigenvalue weighted by molar-refractivity contribution is -0.153. The van der Waals surface area contributed by atoms with Gasteiger partial charge in [-0.15, -0.1) is 5.10 Å². The number of ether oxygens (including phenoxy) is 3. The van der Waals surface area contributed by atoms with Crippen LogP contribution in [0.25, 0.3) is 11.5 Å². The average molecular weight is 473 g/mol. The van der Waals surface area contributed by atoms with Crippen LogP contribution in [0.2, 0.25) is 0 Å². The van der Waals surface area contributed by atoms with Gasteiger partial charge in [-0.1, -0.05) is 6.07 Å². The summed E-state index contributed by atoms with van der Waals surface area (Å²) in [6.07, 6.45) is 0. The van der Waals surface area contributed by atoms with E-state index in [1.807, 2.05) is 0 Å². The molecule has 0 fully saturated rings. The van der Waals surface area contributed by atoms with E-state index in [0.717, 1.165) is 10.2 Å². The molecular formula is C23H24FN3O7. The summed E-state index contributed by atoms with van der Waals surface area (Å²) in [7, 11) is 3.05. The molecule has 0 atom stereocenters. The van der Waals surface area contributed by atoms with Crippen molar-refractivity contribution >= 4 is 11.9 Å². The molecular weight excluding hydrogens is 449 g/mol. The van der Waals surface area contributed by atoms with Crippen LogP contribution in [0.3, 0.4) is 0 Å². The summed E-state index contributed by atoms with van der Waals surface area (Å²) in [5, 5.41) is 3.91. The van der Waals surface area contributed by atoms with Gasteiger partial charge in [0.2, 0.25) is 5.89 Å². The predicted molar refractivity (Wildman–Crippen MR) is 118 cm³/mol. The molecule has 11 heteroatoms. The van der Waals surface area contributed by atoms with Gasteiger partial charge < -0.3 is 23.5 Å². The molecule has 0 radical (unpaired) electrons. The van der Waals surface area contributed by atoms with Crippen LogP contribution in [0.1, 0.15) is 12.5 Å². The van der Waals surface area contributed by atoms with E-state index in [1.165, 1.54) is 43.4 Å². The van der Waals surface area contributed by atoms with Gasteiger partial charge in [-0.05, 0) is 48.9 Å². The number of aromatic nitrogens is 2. The van der Waals surface area contributed by atoms with Crippen molar-refractivity contribution in [2.75, 3.05) is 27.4 Å². The molecule has 3 aromatic rings. The molecule has 180 valence electrons. The Bertz CT molecular complexity index is 1200. The number of nitrogens with zero attached hydrogens (tertiary/aromatic N) is 3. The van der Waals surface area contributed by atoms with E-state index in [1.54, 1.807) is 25.1 Å². The number of esters is 1. The molecule has 0 aliphatic carbocycles. The van der Waals surface area contributed by atoms with Crippen molar-refractivity contribution in [2.45, 2.75) is 20.0 Å². The van der Waals surface area contributed by atoms with E-state index < -0.39 is 36.6 Å². The molecule has 10 nitrogen and oxygen atoms in total. The molecule has 1 aromatic heterocycles. The lowest BCUT2D eigenvalue weighted by atomic mass is 10.2. The Balaban J connectivity index is 1.57. The lowest BCUT2D eigenvalue weighted by Gasteiger charge is -2.21. The second-order valence-electron chi connectivity index (χ2n) is 7.10. The fraction of sp³-hybridized carbons (Fsp3) is 0.304. The van der Waals surface area contributed by atoms with Crippen LogP contribution in [-0.2, 0) is 27.4 Å². The minimum Gasteiger partial charge on any atom is -0.493 e. The van der Waals surface area contributed by atoms with Crippen molar-refractivity contribution in [3.8, 4) is 23.0 Å². The molecule has 34 heavy (non-hydrogen) atoms. The predicted octanol–water partition coefficient (Wildman–Crippen LogP) is 2.25. The quantitative estimate of drug-likeness (QED) is 0.412. The number of hydrogen-bond acceptors (Lipinski definition) is 8. The topological polar surface area (TPSA) is 113 Å². The minimum absolute atomic E-state index is 0.0686. The maximum atomic E-state index is 13.1. The van der Waals surface area contributed by atoms with Crippen LogP contribution in [0.4, 0.5) is 4.39 Å². The molecule has 0 saturated carbocycles. The van der Waals surface area contributed by atoms with Crippen LogP contribution < -0.4 is 15.2 Å². The Kier molecular flexibility index (Phi) is 8.01. The highest BCUT2D eigenvalue weighted by Gasteiger charge is 2.18. The van der Waals surface area contributed by atoms with Gasteiger partial charge in [0.05, 0.1) is 14.2 Å². The summed E-state index contributed by atoms with van der Waals surface area (Å²) < 4.78 is 34.3. The Morgan fingerprint density at radius 1 is 1.09 bits per heavy atom. The van der Waals surface area contributed by atoms with Gasteiger partial charge in [0.15, 0.2) is 18.1 Å². The van der Waals surface area contributed by atoms with Crippen molar-refractivity contribution < 1.29 is 32.6 Å². The number of halogens is 1. The minimum atomic E-state index is -0.883. The van der Waals surface area contributed by atoms with Crippen molar-refractivity contribution in [2.24, 2.45) is 0 Å². The molecule has 2 aromatic carbocycles. The molecule has 1 heterocycles. The molecule has 0 aliphatic rings. The fourth-order valence-corrected chi connectivity index (χ4v) is 3.09. The first-order valence-corrected chi connectivity index (χ1v) is 10.3. The van der Waals surface area contributed by atoms with Gasteiger partial charge in [-0.3, -0.25) is 9.59 Å². The molecule has 0 unspecified atom stereocenters. The number of likely N-dealkylation sites (N-methyl/N-ethyl adjacent to an activating group) is 1. The zero-order valence-corrected chi connectivity index (χ0v) is 18.9. The zero-order chi connectivity index (χ0) is 24.7. The van der Waals surface area contributed by atoms with Gasteiger partial charge in [0, 0.05) is 18.7 Å². The molecule has 0 bridgehead atoms. The molecule has 0 spiro atoms. The van der Waals surface area contributed by atoms with E-state index >= 15 is 0 Å². The van der Waals surface area contributed by atoms with Crippen molar-refractivity contribution in [3.63, 3.8) is 0 Å². The van der Waals surface area contributed by atoms with E-state index in [9.17, 15) is 18.8 Å². The first-order valence-electron chi connectivity index (χ1n) is 10.3. The molecule has 1 amide bonds. The highest BCUT2D eigenvalue weighted by Crippen LogP contribution is 2.28. The van der Waals surface area contributed by atoms with Crippen LogP contribution in [0.15, 0.2) is 51.7 Å². The Labute approximate surface area is 194 Å². The number of hydrogen-bond donors (Lipinski definition) is 0. The average Bonchev–Trinajstić information content (AvgIpc) is 3.20. The number of amides is 1. The van der Waals surface area contributed by atoms with Crippen LogP contribution in [-0.4, -0.2) is 53.9 Å². The van der Waals surface area contributed by atoms with Crippen LogP contribution in [0.5, 0.6) is 11.5 Å². The fourth-order valence-electron chi connectivity index (χ4n) is 3.09. The third-order valence-corrected chi connectivity index (χ3v) is 4.89.